The summed E-state index contributed by atoms with van der Waals surface area (Å²) < 4.78 is 38.2. The predicted octanol–water partition coefficient (Wildman–Crippen LogP) is -6.97. The number of nitrogens with zero attached hydrogens (tertiary/aromatic N) is 2. The minimum Gasteiger partial charge on any atom is -0.463 e. The summed E-state index contributed by atoms with van der Waals surface area (Å²) in [6.07, 6.45) is -25.1. The largest absolute Gasteiger partial charge is 0.463 e. The van der Waals surface area contributed by atoms with Gasteiger partial charge in [-0.1, -0.05) is 0 Å². The fourth-order valence-corrected chi connectivity index (χ4v) is 6.40. The van der Waals surface area contributed by atoms with E-state index in [4.69, 9.17) is 42.8 Å². The molecule has 15 unspecified atom stereocenters. The molecule has 25 heteroatoms. The van der Waals surface area contributed by atoms with Gasteiger partial charge in [0.05, 0.1) is 39.6 Å². The Balaban J connectivity index is 1.17. The molecule has 4 aliphatic rings. The number of rotatable bonds is 21. The van der Waals surface area contributed by atoms with Crippen LogP contribution in [0.4, 0.5) is 0 Å². The summed E-state index contributed by atoms with van der Waals surface area (Å²) in [5.41, 5.74) is 0. The summed E-state index contributed by atoms with van der Waals surface area (Å²) >= 11 is 0. The Hall–Kier alpha value is -2.64. The van der Waals surface area contributed by atoms with Crippen molar-refractivity contribution in [2.75, 3.05) is 53.3 Å². The average Bonchev–Trinajstić information content (AvgIpc) is 3.52. The molecule has 4 fully saturated rings. The molecule has 0 bridgehead atoms. The maximum Gasteiger partial charge on any atom is 0.333 e. The molecule has 2 amide bonds. The monoisotopic (exact) mass is 846 g/mol. The third-order valence-electron chi connectivity index (χ3n) is 9.67. The highest BCUT2D eigenvalue weighted by Crippen LogP contribution is 2.33. The van der Waals surface area contributed by atoms with Gasteiger partial charge in [0.2, 0.25) is 0 Å². The van der Waals surface area contributed by atoms with E-state index >= 15 is 0 Å². The summed E-state index contributed by atoms with van der Waals surface area (Å²) in [4.78, 5) is 57.0. The molecule has 4 saturated heterocycles. The fourth-order valence-electron chi connectivity index (χ4n) is 6.40. The van der Waals surface area contributed by atoms with Crippen LogP contribution in [0.3, 0.4) is 0 Å². The van der Waals surface area contributed by atoms with Gasteiger partial charge >= 0.3 is 11.9 Å². The standard InChI is InChI=1S/C33H54N2O23/c1-34(52-11-9-50-8-10-51-20(41)4-2-3-5-21(42)58-35-18(39)6-7-19(35)40)31-26(47)25(46)29(17(14-38)53-31)56-33-28(49)30(23(44)16(13-37)55-33)57-32-27(48)24(45)22(43)15(12-36)54-32/h15-17,22-33,36-38,43-49H,2-14H2,1H3. The van der Waals surface area contributed by atoms with Gasteiger partial charge in [0, 0.05) is 32.7 Å². The van der Waals surface area contributed by atoms with Crippen LogP contribution in [-0.4, -0.2) is 230 Å². The van der Waals surface area contributed by atoms with E-state index in [1.165, 1.54) is 7.05 Å². The Bertz CT molecular complexity index is 1310. The minimum absolute atomic E-state index is 0.000102. The van der Waals surface area contributed by atoms with Gasteiger partial charge in [0.15, 0.2) is 18.8 Å². The lowest BCUT2D eigenvalue weighted by Crippen LogP contribution is -2.67. The number of hydrogen-bond donors (Lipinski definition) is 10. The number of aliphatic hydroxyl groups is 10. The van der Waals surface area contributed by atoms with Crippen molar-refractivity contribution in [3.05, 3.63) is 0 Å². The number of unbranched alkanes of at least 4 members (excludes halogenated alkanes) is 1. The zero-order valence-corrected chi connectivity index (χ0v) is 31.5. The Morgan fingerprint density at radius 3 is 1.81 bits per heavy atom. The number of aliphatic hydroxyl groups excluding tert-OH is 10. The van der Waals surface area contributed by atoms with E-state index in [0.29, 0.717) is 11.5 Å². The number of hydrogen-bond acceptors (Lipinski definition) is 24. The second-order valence-electron chi connectivity index (χ2n) is 13.8. The number of amides is 2. The Kier molecular flexibility index (Phi) is 18.9. The van der Waals surface area contributed by atoms with Gasteiger partial charge in [0.1, 0.15) is 79.9 Å². The van der Waals surface area contributed by atoms with E-state index in [-0.39, 0.29) is 58.5 Å². The molecule has 25 nitrogen and oxygen atoms in total. The Morgan fingerprint density at radius 2 is 1.19 bits per heavy atom. The maximum absolute atomic E-state index is 12.0. The molecule has 0 aromatic rings. The topological polar surface area (TPSA) is 360 Å². The second kappa shape index (κ2) is 22.8. The molecule has 334 valence electrons. The second-order valence-corrected chi connectivity index (χ2v) is 13.8. The first-order valence-corrected chi connectivity index (χ1v) is 18.6. The number of hydroxylamine groups is 4. The van der Waals surface area contributed by atoms with Crippen molar-refractivity contribution in [3.8, 4) is 0 Å². The SMILES string of the molecule is CN(OCCOCCOC(=O)CCCCC(=O)ON1C(=O)CCC1=O)C1OC(CO)C(OC2OC(CO)C(O)C(OC3OC(CO)C(O)C(O)C3O)C2O)C(O)C1O. The number of carbonyl (C=O) groups excluding carboxylic acids is 4. The van der Waals surface area contributed by atoms with Gasteiger partial charge in [-0.3, -0.25) is 19.2 Å². The molecule has 4 aliphatic heterocycles. The molecule has 0 aromatic carbocycles. The van der Waals surface area contributed by atoms with E-state index in [2.05, 4.69) is 0 Å². The van der Waals surface area contributed by atoms with E-state index in [1.807, 2.05) is 0 Å². The number of esters is 1. The van der Waals surface area contributed by atoms with Crippen molar-refractivity contribution >= 4 is 23.8 Å². The lowest BCUT2D eigenvalue weighted by molar-refractivity contribution is -0.383. The third kappa shape index (κ3) is 12.2. The molecular weight excluding hydrogens is 792 g/mol. The van der Waals surface area contributed by atoms with E-state index in [9.17, 15) is 70.2 Å². The summed E-state index contributed by atoms with van der Waals surface area (Å²) in [5, 5.41) is 105. The fraction of sp³-hybridized carbons (Fsp3) is 0.879. The van der Waals surface area contributed by atoms with Gasteiger partial charge in [-0.05, 0) is 12.8 Å². The molecule has 0 aliphatic carbocycles. The van der Waals surface area contributed by atoms with Crippen molar-refractivity contribution in [2.45, 2.75) is 131 Å². The highest BCUT2D eigenvalue weighted by atomic mass is 16.8. The van der Waals surface area contributed by atoms with Crippen LogP contribution >= 0.6 is 0 Å². The van der Waals surface area contributed by atoms with Crippen LogP contribution in [0, 0.1) is 0 Å². The minimum atomic E-state index is -1.97. The highest BCUT2D eigenvalue weighted by molar-refractivity contribution is 6.01. The Labute approximate surface area is 330 Å². The van der Waals surface area contributed by atoms with Crippen LogP contribution in [0.15, 0.2) is 0 Å². The zero-order chi connectivity index (χ0) is 42.7. The summed E-state index contributed by atoms with van der Waals surface area (Å²) in [5.74, 6) is -2.48. The van der Waals surface area contributed by atoms with Crippen LogP contribution in [-0.2, 0) is 62.0 Å². The molecule has 0 aromatic heterocycles. The smallest absolute Gasteiger partial charge is 0.333 e. The number of ether oxygens (including phenoxy) is 7. The Morgan fingerprint density at radius 1 is 0.638 bits per heavy atom. The molecule has 0 saturated carbocycles. The first-order valence-electron chi connectivity index (χ1n) is 18.6. The van der Waals surface area contributed by atoms with Gasteiger partial charge < -0.3 is 89.1 Å². The molecular formula is C33H54N2O23. The quantitative estimate of drug-likeness (QED) is 0.0222. The molecule has 0 radical (unpaired) electrons. The lowest BCUT2D eigenvalue weighted by Gasteiger charge is -2.48. The number of imide groups is 1. The van der Waals surface area contributed by atoms with Crippen LogP contribution in [0.1, 0.15) is 38.5 Å². The summed E-state index contributed by atoms with van der Waals surface area (Å²) in [6, 6.07) is 0. The predicted molar refractivity (Wildman–Crippen MR) is 180 cm³/mol. The van der Waals surface area contributed by atoms with E-state index < -0.39 is 136 Å². The molecule has 4 heterocycles. The van der Waals surface area contributed by atoms with Gasteiger partial charge in [-0.2, -0.15) is 5.06 Å². The molecule has 58 heavy (non-hydrogen) atoms. The summed E-state index contributed by atoms with van der Waals surface area (Å²) in [7, 11) is 1.35. The van der Waals surface area contributed by atoms with Crippen LogP contribution in [0.25, 0.3) is 0 Å². The van der Waals surface area contributed by atoms with Crippen molar-refractivity contribution in [3.63, 3.8) is 0 Å². The van der Waals surface area contributed by atoms with Crippen LogP contribution in [0.2, 0.25) is 0 Å². The highest BCUT2D eigenvalue weighted by Gasteiger charge is 2.54. The van der Waals surface area contributed by atoms with Crippen LogP contribution in [0.5, 0.6) is 0 Å². The van der Waals surface area contributed by atoms with Crippen molar-refractivity contribution in [2.24, 2.45) is 0 Å². The van der Waals surface area contributed by atoms with Crippen molar-refractivity contribution < 1.29 is 113 Å². The first-order chi connectivity index (χ1) is 27.6. The number of carbonyl (C=O) groups is 4. The molecule has 4 rings (SSSR count). The first kappa shape index (κ1) is 48.0. The molecule has 10 N–H and O–H groups in total. The lowest BCUT2D eigenvalue weighted by atomic mass is 9.95. The number of likely N-dealkylation sites (N-methyl/N-ethyl adjacent to an activating group) is 1. The van der Waals surface area contributed by atoms with Crippen molar-refractivity contribution in [1.82, 2.24) is 10.1 Å². The van der Waals surface area contributed by atoms with Gasteiger partial charge in [-0.15, -0.1) is 5.06 Å². The summed E-state index contributed by atoms with van der Waals surface area (Å²) in [6.45, 7) is -2.67. The van der Waals surface area contributed by atoms with Gasteiger partial charge in [0.25, 0.3) is 11.8 Å². The van der Waals surface area contributed by atoms with Gasteiger partial charge in [-0.25, -0.2) is 4.79 Å². The van der Waals surface area contributed by atoms with Crippen molar-refractivity contribution in [1.29, 1.82) is 0 Å². The van der Waals surface area contributed by atoms with E-state index in [1.54, 1.807) is 0 Å². The molecule has 0 spiro atoms. The molecule has 15 atom stereocenters. The van der Waals surface area contributed by atoms with E-state index in [0.717, 1.165) is 5.06 Å². The zero-order valence-electron chi connectivity index (χ0n) is 31.5. The third-order valence-corrected chi connectivity index (χ3v) is 9.67. The maximum atomic E-state index is 12.0. The average molecular weight is 847 g/mol. The van der Waals surface area contributed by atoms with Crippen LogP contribution < -0.4 is 0 Å². The normalized spacial score (nSPS) is 37.0.